The summed E-state index contributed by atoms with van der Waals surface area (Å²) in [6.07, 6.45) is 0. The monoisotopic (exact) mass is 413 g/mol. The minimum Gasteiger partial charge on any atom is -0.322 e. The Bertz CT molecular complexity index is 1640. The molecule has 0 bridgehead atoms. The number of para-hydroxylation sites is 1. The van der Waals surface area contributed by atoms with E-state index < -0.39 is 17.2 Å². The summed E-state index contributed by atoms with van der Waals surface area (Å²) >= 11 is 0. The normalized spacial score (nSPS) is 11.1. The Balaban J connectivity index is 1.51. The van der Waals surface area contributed by atoms with Gasteiger partial charge in [0.05, 0.1) is 27.6 Å². The molecule has 0 aliphatic rings. The van der Waals surface area contributed by atoms with E-state index in [0.717, 1.165) is 4.57 Å². The molecular formula is C22H15N5O4. The lowest BCUT2D eigenvalue weighted by molar-refractivity contribution is 0.102. The van der Waals surface area contributed by atoms with E-state index in [1.54, 1.807) is 48.5 Å². The van der Waals surface area contributed by atoms with Crippen molar-refractivity contribution in [1.82, 2.24) is 19.5 Å². The van der Waals surface area contributed by atoms with Gasteiger partial charge in [-0.1, -0.05) is 18.2 Å². The van der Waals surface area contributed by atoms with Gasteiger partial charge in [-0.2, -0.15) is 0 Å². The van der Waals surface area contributed by atoms with E-state index in [1.807, 2.05) is 0 Å². The number of H-pyrrole nitrogens is 3. The van der Waals surface area contributed by atoms with Crippen LogP contribution in [0, 0.1) is 0 Å². The predicted molar refractivity (Wildman–Crippen MR) is 117 cm³/mol. The number of rotatable bonds is 3. The minimum absolute atomic E-state index is 0.264. The molecule has 0 aliphatic heterocycles. The number of hydrogen-bond acceptors (Lipinski definition) is 4. The highest BCUT2D eigenvalue weighted by Gasteiger charge is 2.13. The first-order valence-electron chi connectivity index (χ1n) is 9.37. The summed E-state index contributed by atoms with van der Waals surface area (Å²) in [5.41, 5.74) is 1.26. The Labute approximate surface area is 173 Å². The third-order valence-corrected chi connectivity index (χ3v) is 4.95. The molecule has 3 aromatic carbocycles. The molecule has 0 unspecified atom stereocenters. The molecule has 9 nitrogen and oxygen atoms in total. The van der Waals surface area contributed by atoms with Crippen LogP contribution in [0.3, 0.4) is 0 Å². The number of amides is 1. The van der Waals surface area contributed by atoms with Gasteiger partial charge in [0.15, 0.2) is 0 Å². The molecule has 0 aliphatic carbocycles. The smallest absolute Gasteiger partial charge is 0.322 e. The lowest BCUT2D eigenvalue weighted by Gasteiger charge is -2.08. The molecule has 4 N–H and O–H groups in total. The quantitative estimate of drug-likeness (QED) is 0.360. The van der Waals surface area contributed by atoms with Crippen LogP contribution in [0.5, 0.6) is 0 Å². The highest BCUT2D eigenvalue weighted by molar-refractivity contribution is 6.06. The van der Waals surface area contributed by atoms with E-state index in [0.29, 0.717) is 22.4 Å². The van der Waals surface area contributed by atoms with Gasteiger partial charge in [0, 0.05) is 11.3 Å². The summed E-state index contributed by atoms with van der Waals surface area (Å²) in [7, 11) is 0. The standard InChI is InChI=1S/C22H15N5O4/c28-19(23-13-7-9-16-18(11-13)25-21(30)24-16)12-6-8-15-17(10-12)26-22(31)27(20(15)29)14-4-2-1-3-5-14/h1-11H,(H,23,28)(H,26,31)(H2,24,25,30). The number of nitrogens with zero attached hydrogens (tertiary/aromatic N) is 1. The van der Waals surface area contributed by atoms with Crippen molar-refractivity contribution in [2.24, 2.45) is 0 Å². The van der Waals surface area contributed by atoms with Crippen molar-refractivity contribution < 1.29 is 4.79 Å². The molecule has 152 valence electrons. The SMILES string of the molecule is O=C(Nc1ccc2[nH]c(=O)[nH]c2c1)c1ccc2c(=O)n(-c3ccccc3)c(=O)[nH]c2c1. The van der Waals surface area contributed by atoms with Crippen LogP contribution in [0.15, 0.2) is 81.1 Å². The Hall–Kier alpha value is -4.66. The van der Waals surface area contributed by atoms with E-state index in [-0.39, 0.29) is 22.2 Å². The van der Waals surface area contributed by atoms with Crippen LogP contribution in [0.4, 0.5) is 5.69 Å². The van der Waals surface area contributed by atoms with E-state index in [2.05, 4.69) is 20.3 Å². The molecular weight excluding hydrogens is 398 g/mol. The van der Waals surface area contributed by atoms with Gasteiger partial charge in [-0.25, -0.2) is 14.2 Å². The van der Waals surface area contributed by atoms with Crippen molar-refractivity contribution >= 4 is 33.5 Å². The van der Waals surface area contributed by atoms with Gasteiger partial charge in [0.1, 0.15) is 0 Å². The molecule has 2 aromatic heterocycles. The zero-order chi connectivity index (χ0) is 21.5. The number of fused-ring (bicyclic) bond motifs is 2. The Kier molecular flexibility index (Phi) is 4.14. The van der Waals surface area contributed by atoms with E-state index in [4.69, 9.17) is 0 Å². The number of carbonyl (C=O) groups is 1. The van der Waals surface area contributed by atoms with E-state index in [1.165, 1.54) is 18.2 Å². The second-order valence-electron chi connectivity index (χ2n) is 6.96. The molecule has 9 heteroatoms. The lowest BCUT2D eigenvalue weighted by Crippen LogP contribution is -2.33. The third-order valence-electron chi connectivity index (χ3n) is 4.95. The summed E-state index contributed by atoms with van der Waals surface area (Å²) < 4.78 is 1.05. The first kappa shape index (κ1) is 18.4. The molecule has 1 amide bonds. The van der Waals surface area contributed by atoms with Crippen molar-refractivity contribution in [2.75, 3.05) is 5.32 Å². The molecule has 31 heavy (non-hydrogen) atoms. The van der Waals surface area contributed by atoms with Crippen molar-refractivity contribution in [3.8, 4) is 5.69 Å². The Morgan fingerprint density at radius 3 is 2.35 bits per heavy atom. The van der Waals surface area contributed by atoms with Crippen molar-refractivity contribution in [3.63, 3.8) is 0 Å². The van der Waals surface area contributed by atoms with Crippen LogP contribution in [-0.4, -0.2) is 25.4 Å². The molecule has 5 rings (SSSR count). The number of imidazole rings is 1. The van der Waals surface area contributed by atoms with Gasteiger partial charge in [-0.3, -0.25) is 9.59 Å². The van der Waals surface area contributed by atoms with Gasteiger partial charge < -0.3 is 20.3 Å². The van der Waals surface area contributed by atoms with Crippen molar-refractivity contribution in [3.05, 3.63) is 104 Å². The Morgan fingerprint density at radius 2 is 1.55 bits per heavy atom. The number of hydrogen-bond donors (Lipinski definition) is 4. The van der Waals surface area contributed by atoms with Gasteiger partial charge >= 0.3 is 11.4 Å². The molecule has 0 saturated heterocycles. The van der Waals surface area contributed by atoms with Crippen LogP contribution < -0.4 is 22.3 Å². The molecule has 0 spiro atoms. The second-order valence-corrected chi connectivity index (χ2v) is 6.96. The van der Waals surface area contributed by atoms with Gasteiger partial charge in [0.2, 0.25) is 0 Å². The summed E-state index contributed by atoms with van der Waals surface area (Å²) in [5, 5.41) is 3.02. The fraction of sp³-hybridized carbons (Fsp3) is 0. The topological polar surface area (TPSA) is 133 Å². The van der Waals surface area contributed by atoms with Crippen LogP contribution in [-0.2, 0) is 0 Å². The molecule has 5 aromatic rings. The zero-order valence-electron chi connectivity index (χ0n) is 15.9. The van der Waals surface area contributed by atoms with Crippen LogP contribution >= 0.6 is 0 Å². The van der Waals surface area contributed by atoms with Gasteiger partial charge in [-0.15, -0.1) is 0 Å². The highest BCUT2D eigenvalue weighted by atomic mass is 16.2. The maximum Gasteiger partial charge on any atom is 0.333 e. The number of carbonyl (C=O) groups excluding carboxylic acids is 1. The average Bonchev–Trinajstić information content (AvgIpc) is 3.13. The number of anilines is 1. The number of nitrogens with one attached hydrogen (secondary N) is 4. The predicted octanol–water partition coefficient (Wildman–Crippen LogP) is 2.10. The number of aromatic amines is 3. The lowest BCUT2D eigenvalue weighted by atomic mass is 10.1. The maximum absolute atomic E-state index is 12.9. The third kappa shape index (κ3) is 3.23. The van der Waals surface area contributed by atoms with Gasteiger partial charge in [0.25, 0.3) is 11.5 Å². The molecule has 0 saturated carbocycles. The summed E-state index contributed by atoms with van der Waals surface area (Å²) in [4.78, 5) is 57.4. The fourth-order valence-corrected chi connectivity index (χ4v) is 3.48. The van der Waals surface area contributed by atoms with Crippen molar-refractivity contribution in [2.45, 2.75) is 0 Å². The largest absolute Gasteiger partial charge is 0.333 e. The molecule has 2 heterocycles. The van der Waals surface area contributed by atoms with Crippen molar-refractivity contribution in [1.29, 1.82) is 0 Å². The van der Waals surface area contributed by atoms with Crippen LogP contribution in [0.2, 0.25) is 0 Å². The molecule has 0 atom stereocenters. The van der Waals surface area contributed by atoms with Crippen LogP contribution in [0.25, 0.3) is 27.6 Å². The molecule has 0 radical (unpaired) electrons. The molecule has 0 fully saturated rings. The number of aromatic nitrogens is 4. The second kappa shape index (κ2) is 6.99. The average molecular weight is 413 g/mol. The fourth-order valence-electron chi connectivity index (χ4n) is 3.48. The first-order chi connectivity index (χ1) is 15.0. The number of benzene rings is 3. The van der Waals surface area contributed by atoms with E-state index in [9.17, 15) is 19.2 Å². The maximum atomic E-state index is 12.9. The zero-order valence-corrected chi connectivity index (χ0v) is 15.9. The minimum atomic E-state index is -0.594. The first-order valence-corrected chi connectivity index (χ1v) is 9.37. The summed E-state index contributed by atoms with van der Waals surface area (Å²) in [6.45, 7) is 0. The highest BCUT2D eigenvalue weighted by Crippen LogP contribution is 2.17. The van der Waals surface area contributed by atoms with Crippen LogP contribution in [0.1, 0.15) is 10.4 Å². The Morgan fingerprint density at radius 1 is 0.774 bits per heavy atom. The summed E-state index contributed by atoms with van der Waals surface area (Å²) in [5.74, 6) is -0.424. The van der Waals surface area contributed by atoms with E-state index >= 15 is 0 Å². The van der Waals surface area contributed by atoms with Gasteiger partial charge in [-0.05, 0) is 48.5 Å². The summed E-state index contributed by atoms with van der Waals surface area (Å²) in [6, 6.07) is 18.0.